The Morgan fingerprint density at radius 1 is 1.20 bits per heavy atom. The van der Waals surface area contributed by atoms with Crippen molar-refractivity contribution in [3.63, 3.8) is 0 Å². The molecule has 2 aromatic rings. The number of carbonyl (C=O) groups is 3. The van der Waals surface area contributed by atoms with E-state index in [2.05, 4.69) is 4.74 Å². The molecule has 1 fully saturated rings. The molecule has 1 amide bonds. The highest BCUT2D eigenvalue weighted by Gasteiger charge is 2.18. The van der Waals surface area contributed by atoms with Crippen LogP contribution in [0.15, 0.2) is 48.4 Å². The van der Waals surface area contributed by atoms with Gasteiger partial charge in [0.15, 0.2) is 5.78 Å². The van der Waals surface area contributed by atoms with Crippen molar-refractivity contribution >= 4 is 34.6 Å². The van der Waals surface area contributed by atoms with E-state index in [0.29, 0.717) is 26.3 Å². The van der Waals surface area contributed by atoms with Crippen LogP contribution in [0.5, 0.6) is 0 Å². The minimum absolute atomic E-state index is 0.00736. The van der Waals surface area contributed by atoms with Crippen molar-refractivity contribution in [3.05, 3.63) is 53.9 Å². The number of aliphatic hydroxyl groups is 1. The molecule has 3 rings (SSSR count). The van der Waals surface area contributed by atoms with Crippen molar-refractivity contribution in [3.8, 4) is 0 Å². The van der Waals surface area contributed by atoms with Gasteiger partial charge in [0.25, 0.3) is 0 Å². The Balaban J connectivity index is 1.79. The number of esters is 1. The fraction of sp³-hybridized carbons (Fsp3) is 0.318. The van der Waals surface area contributed by atoms with E-state index < -0.39 is 17.5 Å². The molecule has 1 aliphatic heterocycles. The number of morpholine rings is 1. The first-order valence-electron chi connectivity index (χ1n) is 9.72. The van der Waals surface area contributed by atoms with E-state index in [1.807, 2.05) is 35.0 Å². The van der Waals surface area contributed by atoms with Gasteiger partial charge in [0, 0.05) is 41.8 Å². The monoisotopic (exact) mass is 412 g/mol. The largest absolute Gasteiger partial charge is 0.502 e. The quantitative estimate of drug-likeness (QED) is 0.425. The van der Waals surface area contributed by atoms with E-state index in [-0.39, 0.29) is 19.1 Å². The van der Waals surface area contributed by atoms with Gasteiger partial charge in [0.05, 0.1) is 19.8 Å². The highest BCUT2D eigenvalue weighted by Crippen LogP contribution is 2.23. The van der Waals surface area contributed by atoms with Gasteiger partial charge in [-0.15, -0.1) is 0 Å². The van der Waals surface area contributed by atoms with E-state index in [4.69, 9.17) is 4.74 Å². The van der Waals surface area contributed by atoms with Crippen molar-refractivity contribution in [2.75, 3.05) is 32.9 Å². The molecule has 0 radical (unpaired) electrons. The number of carbonyl (C=O) groups excluding carboxylic acids is 3. The summed E-state index contributed by atoms with van der Waals surface area (Å²) in [4.78, 5) is 37.9. The third-order valence-electron chi connectivity index (χ3n) is 4.68. The lowest BCUT2D eigenvalue weighted by atomic mass is 10.1. The van der Waals surface area contributed by atoms with Gasteiger partial charge in [0.1, 0.15) is 6.54 Å². The summed E-state index contributed by atoms with van der Waals surface area (Å²) in [6.45, 7) is 4.13. The number of para-hydroxylation sites is 1. The lowest BCUT2D eigenvalue weighted by molar-refractivity contribution is -0.141. The molecule has 1 aromatic heterocycles. The van der Waals surface area contributed by atoms with Gasteiger partial charge < -0.3 is 24.0 Å². The third-order valence-corrected chi connectivity index (χ3v) is 4.68. The Labute approximate surface area is 174 Å². The molecule has 8 heteroatoms. The van der Waals surface area contributed by atoms with Crippen LogP contribution >= 0.6 is 0 Å². The summed E-state index contributed by atoms with van der Waals surface area (Å²) >= 11 is 0. The van der Waals surface area contributed by atoms with Crippen LogP contribution in [0.2, 0.25) is 0 Å². The highest BCUT2D eigenvalue weighted by atomic mass is 16.5. The number of aromatic nitrogens is 1. The smallest absolute Gasteiger partial charge is 0.373 e. The van der Waals surface area contributed by atoms with Crippen molar-refractivity contribution in [2.45, 2.75) is 13.5 Å². The molecule has 1 saturated heterocycles. The molecule has 0 unspecified atom stereocenters. The summed E-state index contributed by atoms with van der Waals surface area (Å²) in [5, 5.41) is 10.5. The maximum atomic E-state index is 12.6. The minimum Gasteiger partial charge on any atom is -0.502 e. The van der Waals surface area contributed by atoms with Crippen LogP contribution in [-0.4, -0.2) is 65.1 Å². The SMILES string of the molecule is CCOC(=O)/C(O)=C/C(=O)/C=C/c1cn(CC(=O)N2CCOCC2)c2ccccc12. The van der Waals surface area contributed by atoms with Crippen LogP contribution < -0.4 is 0 Å². The second kappa shape index (κ2) is 9.89. The van der Waals surface area contributed by atoms with E-state index >= 15 is 0 Å². The van der Waals surface area contributed by atoms with E-state index in [9.17, 15) is 19.5 Å². The van der Waals surface area contributed by atoms with Gasteiger partial charge in [-0.05, 0) is 25.1 Å². The van der Waals surface area contributed by atoms with Crippen LogP contribution in [0.1, 0.15) is 12.5 Å². The summed E-state index contributed by atoms with van der Waals surface area (Å²) in [5.74, 6) is -2.24. The minimum atomic E-state index is -0.947. The Hall–Kier alpha value is -3.39. The number of hydrogen-bond acceptors (Lipinski definition) is 6. The lowest BCUT2D eigenvalue weighted by Gasteiger charge is -2.27. The predicted octanol–water partition coefficient (Wildman–Crippen LogP) is 2.09. The number of ether oxygens (including phenoxy) is 2. The zero-order valence-corrected chi connectivity index (χ0v) is 16.7. The number of rotatable bonds is 7. The summed E-state index contributed by atoms with van der Waals surface area (Å²) < 4.78 is 11.8. The predicted molar refractivity (Wildman–Crippen MR) is 111 cm³/mol. The first-order chi connectivity index (χ1) is 14.5. The molecule has 158 valence electrons. The average molecular weight is 412 g/mol. The Morgan fingerprint density at radius 2 is 1.93 bits per heavy atom. The molecule has 1 aromatic carbocycles. The molecule has 0 spiro atoms. The van der Waals surface area contributed by atoms with Crippen molar-refractivity contribution in [1.82, 2.24) is 9.47 Å². The number of benzene rings is 1. The first-order valence-corrected chi connectivity index (χ1v) is 9.72. The lowest BCUT2D eigenvalue weighted by Crippen LogP contribution is -2.42. The van der Waals surface area contributed by atoms with Crippen LogP contribution in [-0.2, 0) is 30.4 Å². The molecule has 0 bridgehead atoms. The van der Waals surface area contributed by atoms with Crippen LogP contribution in [0.3, 0.4) is 0 Å². The summed E-state index contributed by atoms with van der Waals surface area (Å²) in [6, 6.07) is 7.58. The van der Waals surface area contributed by atoms with Gasteiger partial charge in [-0.2, -0.15) is 0 Å². The third kappa shape index (κ3) is 5.15. The number of ketones is 1. The van der Waals surface area contributed by atoms with Gasteiger partial charge in [-0.25, -0.2) is 4.79 Å². The van der Waals surface area contributed by atoms with Crippen LogP contribution in [0, 0.1) is 0 Å². The molecule has 0 atom stereocenters. The average Bonchev–Trinajstić information content (AvgIpc) is 3.10. The second-order valence-corrected chi connectivity index (χ2v) is 6.71. The Kier molecular flexibility index (Phi) is 7.03. The van der Waals surface area contributed by atoms with Gasteiger partial charge in [-0.1, -0.05) is 18.2 Å². The number of allylic oxidation sites excluding steroid dienone is 2. The van der Waals surface area contributed by atoms with Gasteiger partial charge in [-0.3, -0.25) is 9.59 Å². The van der Waals surface area contributed by atoms with E-state index in [1.165, 1.54) is 6.08 Å². The molecule has 1 aliphatic rings. The number of hydrogen-bond donors (Lipinski definition) is 1. The Bertz CT molecular complexity index is 998. The summed E-state index contributed by atoms with van der Waals surface area (Å²) in [6.07, 6.45) is 5.47. The summed E-state index contributed by atoms with van der Waals surface area (Å²) in [7, 11) is 0. The zero-order valence-electron chi connectivity index (χ0n) is 16.7. The summed E-state index contributed by atoms with van der Waals surface area (Å²) in [5.41, 5.74) is 1.62. The fourth-order valence-electron chi connectivity index (χ4n) is 3.22. The van der Waals surface area contributed by atoms with Crippen molar-refractivity contribution in [1.29, 1.82) is 0 Å². The standard InChI is InChI=1S/C22H24N2O6/c1-2-30-22(28)20(26)13-17(25)8-7-16-14-24(19-6-4-3-5-18(16)19)15-21(27)23-9-11-29-12-10-23/h3-8,13-14,26H,2,9-12,15H2,1H3/b8-7+,20-13-. The van der Waals surface area contributed by atoms with Gasteiger partial charge >= 0.3 is 5.97 Å². The maximum absolute atomic E-state index is 12.6. The number of fused-ring (bicyclic) bond motifs is 1. The number of nitrogens with zero attached hydrogens (tertiary/aromatic N) is 2. The number of aliphatic hydroxyl groups excluding tert-OH is 1. The van der Waals surface area contributed by atoms with E-state index in [1.54, 1.807) is 17.9 Å². The molecule has 8 nitrogen and oxygen atoms in total. The normalized spacial score (nSPS) is 15.0. The van der Waals surface area contributed by atoms with Crippen molar-refractivity contribution in [2.24, 2.45) is 0 Å². The van der Waals surface area contributed by atoms with Gasteiger partial charge in [0.2, 0.25) is 11.7 Å². The maximum Gasteiger partial charge on any atom is 0.373 e. The number of amides is 1. The molecule has 1 N–H and O–H groups in total. The second-order valence-electron chi connectivity index (χ2n) is 6.71. The Morgan fingerprint density at radius 3 is 2.67 bits per heavy atom. The molecule has 30 heavy (non-hydrogen) atoms. The van der Waals surface area contributed by atoms with Crippen LogP contribution in [0.25, 0.3) is 17.0 Å². The molecule has 2 heterocycles. The topological polar surface area (TPSA) is 98.1 Å². The molecule has 0 aliphatic carbocycles. The zero-order chi connectivity index (χ0) is 21.5. The highest BCUT2D eigenvalue weighted by molar-refractivity contribution is 6.07. The molecule has 0 saturated carbocycles. The first kappa shape index (κ1) is 21.3. The molecular weight excluding hydrogens is 388 g/mol. The molecular formula is C22H24N2O6. The van der Waals surface area contributed by atoms with Crippen molar-refractivity contribution < 1.29 is 29.0 Å². The fourth-order valence-corrected chi connectivity index (χ4v) is 3.22. The van der Waals surface area contributed by atoms with E-state index in [0.717, 1.165) is 22.5 Å². The van der Waals surface area contributed by atoms with Crippen LogP contribution in [0.4, 0.5) is 0 Å².